The molecule has 0 atom stereocenters. The maximum Gasteiger partial charge on any atom is 0.236 e. The van der Waals surface area contributed by atoms with Crippen molar-refractivity contribution in [1.29, 1.82) is 0 Å². The Balaban J connectivity index is 1.99. The Bertz CT molecular complexity index is 1170. The number of hydrogen-bond acceptors (Lipinski definition) is 7. The predicted molar refractivity (Wildman–Crippen MR) is 101 cm³/mol. The quantitative estimate of drug-likeness (QED) is 0.573. The van der Waals surface area contributed by atoms with Crippen molar-refractivity contribution in [2.75, 3.05) is 11.1 Å². The molecule has 134 valence electrons. The number of anilines is 2. The van der Waals surface area contributed by atoms with Crippen LogP contribution in [0.3, 0.4) is 0 Å². The van der Waals surface area contributed by atoms with Gasteiger partial charge in [-0.25, -0.2) is 15.0 Å². The van der Waals surface area contributed by atoms with E-state index >= 15 is 0 Å². The van der Waals surface area contributed by atoms with Gasteiger partial charge in [0.2, 0.25) is 17.6 Å². The van der Waals surface area contributed by atoms with E-state index in [4.69, 9.17) is 5.73 Å². The minimum absolute atomic E-state index is 0.161. The normalized spacial score (nSPS) is 10.9. The molecule has 0 aliphatic carbocycles. The van der Waals surface area contributed by atoms with Gasteiger partial charge in [-0.3, -0.25) is 14.2 Å². The summed E-state index contributed by atoms with van der Waals surface area (Å²) in [5.74, 6) is 0.778. The lowest BCUT2D eigenvalue weighted by molar-refractivity contribution is -0.114. The molecule has 0 bridgehead atoms. The highest BCUT2D eigenvalue weighted by Gasteiger charge is 2.19. The molecule has 0 saturated carbocycles. The Kier molecular flexibility index (Phi) is 3.96. The zero-order valence-electron chi connectivity index (χ0n) is 14.7. The zero-order valence-corrected chi connectivity index (χ0v) is 14.7. The Morgan fingerprint density at radius 3 is 2.67 bits per heavy atom. The van der Waals surface area contributed by atoms with Crippen LogP contribution in [0.5, 0.6) is 0 Å². The largest absolute Gasteiger partial charge is 0.368 e. The molecule has 0 aromatic carbocycles. The molecule has 4 aromatic rings. The first kappa shape index (κ1) is 16.6. The second-order valence-electron chi connectivity index (χ2n) is 5.94. The number of aryl methyl sites for hydroxylation is 1. The van der Waals surface area contributed by atoms with Gasteiger partial charge in [-0.05, 0) is 31.2 Å². The van der Waals surface area contributed by atoms with E-state index in [1.807, 2.05) is 25.1 Å². The van der Waals surface area contributed by atoms with Gasteiger partial charge in [0, 0.05) is 25.0 Å². The summed E-state index contributed by atoms with van der Waals surface area (Å²) >= 11 is 0. The van der Waals surface area contributed by atoms with Crippen molar-refractivity contribution in [1.82, 2.24) is 29.3 Å². The number of imidazole rings is 1. The van der Waals surface area contributed by atoms with Crippen molar-refractivity contribution < 1.29 is 4.79 Å². The Morgan fingerprint density at radius 1 is 1.07 bits per heavy atom. The molecule has 0 radical (unpaired) electrons. The molecule has 4 rings (SSSR count). The van der Waals surface area contributed by atoms with Crippen LogP contribution >= 0.6 is 0 Å². The van der Waals surface area contributed by atoms with Gasteiger partial charge in [-0.2, -0.15) is 4.98 Å². The summed E-state index contributed by atoms with van der Waals surface area (Å²) in [6.45, 7) is 3.34. The standard InChI is InChI=1S/C18H16N8O/c1-10-4-3-5-12(21-10)15-16(13-6-8-20-17(19)23-13)26-9-7-14(22-11(2)27)24-18(26)25-15/h3-9H,1-2H3,(H2,19,20,23)(H,22,24,25,27). The highest BCUT2D eigenvalue weighted by atomic mass is 16.1. The van der Waals surface area contributed by atoms with E-state index < -0.39 is 0 Å². The average Bonchev–Trinajstić information content (AvgIpc) is 3.00. The molecular weight excluding hydrogens is 344 g/mol. The number of carbonyl (C=O) groups is 1. The second kappa shape index (κ2) is 6.45. The number of pyridine rings is 1. The monoisotopic (exact) mass is 360 g/mol. The topological polar surface area (TPSA) is 124 Å². The molecule has 27 heavy (non-hydrogen) atoms. The van der Waals surface area contributed by atoms with Crippen molar-refractivity contribution in [2.24, 2.45) is 0 Å². The van der Waals surface area contributed by atoms with E-state index in [2.05, 4.69) is 30.2 Å². The molecule has 0 aliphatic rings. The van der Waals surface area contributed by atoms with Gasteiger partial charge >= 0.3 is 0 Å². The Labute approximate surface area is 154 Å². The smallest absolute Gasteiger partial charge is 0.236 e. The minimum atomic E-state index is -0.206. The van der Waals surface area contributed by atoms with E-state index in [1.54, 1.807) is 28.9 Å². The fraction of sp³-hybridized carbons (Fsp3) is 0.111. The van der Waals surface area contributed by atoms with Crippen LogP contribution in [-0.2, 0) is 4.79 Å². The molecule has 9 heteroatoms. The zero-order chi connectivity index (χ0) is 19.0. The number of nitrogens with two attached hydrogens (primary N) is 1. The number of nitrogens with one attached hydrogen (secondary N) is 1. The van der Waals surface area contributed by atoms with Crippen LogP contribution in [0.15, 0.2) is 42.7 Å². The molecule has 0 spiro atoms. The van der Waals surface area contributed by atoms with Crippen LogP contribution in [0.2, 0.25) is 0 Å². The summed E-state index contributed by atoms with van der Waals surface area (Å²) in [6, 6.07) is 9.14. The summed E-state index contributed by atoms with van der Waals surface area (Å²) in [7, 11) is 0. The Hall–Kier alpha value is -3.88. The summed E-state index contributed by atoms with van der Waals surface area (Å²) in [6.07, 6.45) is 3.36. The van der Waals surface area contributed by atoms with Gasteiger partial charge in [0.05, 0.1) is 11.4 Å². The van der Waals surface area contributed by atoms with Gasteiger partial charge in [-0.1, -0.05) is 6.07 Å². The molecule has 3 N–H and O–H groups in total. The second-order valence-corrected chi connectivity index (χ2v) is 5.94. The molecule has 0 fully saturated rings. The summed E-state index contributed by atoms with van der Waals surface area (Å²) in [5.41, 5.74) is 9.23. The number of hydrogen-bond donors (Lipinski definition) is 2. The number of rotatable bonds is 3. The number of nitrogen functional groups attached to an aromatic ring is 1. The summed E-state index contributed by atoms with van der Waals surface area (Å²) in [5, 5.41) is 2.66. The van der Waals surface area contributed by atoms with Crippen LogP contribution < -0.4 is 11.1 Å². The SMILES string of the molecule is CC(=O)Nc1ccn2c(-c3ccnc(N)n3)c(-c3cccc(C)n3)nc2n1. The maximum atomic E-state index is 11.3. The van der Waals surface area contributed by atoms with Crippen LogP contribution in [0.1, 0.15) is 12.6 Å². The third-order valence-electron chi connectivity index (χ3n) is 3.85. The summed E-state index contributed by atoms with van der Waals surface area (Å²) in [4.78, 5) is 33.2. The lowest BCUT2D eigenvalue weighted by Gasteiger charge is -2.06. The van der Waals surface area contributed by atoms with Crippen LogP contribution in [0, 0.1) is 6.92 Å². The third kappa shape index (κ3) is 3.17. The molecule has 1 amide bonds. The molecule has 4 aromatic heterocycles. The van der Waals surface area contributed by atoms with E-state index in [9.17, 15) is 4.79 Å². The molecule has 9 nitrogen and oxygen atoms in total. The van der Waals surface area contributed by atoms with Gasteiger partial charge < -0.3 is 11.1 Å². The predicted octanol–water partition coefficient (Wildman–Crippen LogP) is 2.10. The van der Waals surface area contributed by atoms with E-state index in [-0.39, 0.29) is 11.9 Å². The highest BCUT2D eigenvalue weighted by Crippen LogP contribution is 2.31. The first-order valence-electron chi connectivity index (χ1n) is 8.21. The fourth-order valence-corrected chi connectivity index (χ4v) is 2.78. The van der Waals surface area contributed by atoms with Crippen molar-refractivity contribution in [2.45, 2.75) is 13.8 Å². The fourth-order valence-electron chi connectivity index (χ4n) is 2.78. The van der Waals surface area contributed by atoms with Crippen molar-refractivity contribution in [3.63, 3.8) is 0 Å². The van der Waals surface area contributed by atoms with E-state index in [1.165, 1.54) is 6.92 Å². The lowest BCUT2D eigenvalue weighted by Crippen LogP contribution is -2.08. The van der Waals surface area contributed by atoms with Crippen LogP contribution in [-0.4, -0.2) is 35.2 Å². The molecule has 0 unspecified atom stereocenters. The van der Waals surface area contributed by atoms with Crippen molar-refractivity contribution in [3.05, 3.63) is 48.4 Å². The number of fused-ring (bicyclic) bond motifs is 1. The third-order valence-corrected chi connectivity index (χ3v) is 3.85. The first-order chi connectivity index (χ1) is 13.0. The van der Waals surface area contributed by atoms with Gasteiger partial charge in [-0.15, -0.1) is 0 Å². The molecule has 0 saturated heterocycles. The minimum Gasteiger partial charge on any atom is -0.368 e. The number of aromatic nitrogens is 6. The van der Waals surface area contributed by atoms with Gasteiger partial charge in [0.15, 0.2) is 0 Å². The summed E-state index contributed by atoms with van der Waals surface area (Å²) < 4.78 is 1.78. The average molecular weight is 360 g/mol. The lowest BCUT2D eigenvalue weighted by atomic mass is 10.1. The molecular formula is C18H16N8O. The highest BCUT2D eigenvalue weighted by molar-refractivity contribution is 5.88. The van der Waals surface area contributed by atoms with Gasteiger partial charge in [0.1, 0.15) is 17.2 Å². The van der Waals surface area contributed by atoms with Crippen molar-refractivity contribution in [3.8, 4) is 22.8 Å². The maximum absolute atomic E-state index is 11.3. The van der Waals surface area contributed by atoms with Crippen LogP contribution in [0.25, 0.3) is 28.6 Å². The molecule has 0 aliphatic heterocycles. The number of amides is 1. The van der Waals surface area contributed by atoms with Crippen molar-refractivity contribution >= 4 is 23.5 Å². The number of carbonyl (C=O) groups excluding carboxylic acids is 1. The van der Waals surface area contributed by atoms with Crippen LogP contribution in [0.4, 0.5) is 11.8 Å². The Morgan fingerprint density at radius 2 is 1.93 bits per heavy atom. The van der Waals surface area contributed by atoms with E-state index in [0.717, 1.165) is 5.69 Å². The first-order valence-corrected chi connectivity index (χ1v) is 8.21. The van der Waals surface area contributed by atoms with Gasteiger partial charge in [0.25, 0.3) is 0 Å². The molecule has 4 heterocycles. The number of nitrogens with zero attached hydrogens (tertiary/aromatic N) is 6. The van der Waals surface area contributed by atoms with E-state index in [0.29, 0.717) is 34.4 Å².